The number of anilines is 1. The molecule has 0 fully saturated rings. The molecule has 5 heteroatoms. The number of benzene rings is 1. The maximum absolute atomic E-state index is 5.80. The summed E-state index contributed by atoms with van der Waals surface area (Å²) in [5, 5.41) is 12.4. The first kappa shape index (κ1) is 12.5. The molecule has 1 aromatic carbocycles. The van der Waals surface area contributed by atoms with Gasteiger partial charge >= 0.3 is 0 Å². The van der Waals surface area contributed by atoms with Crippen molar-refractivity contribution in [1.29, 1.82) is 0 Å². The first-order chi connectivity index (χ1) is 8.66. The smallest absolute Gasteiger partial charge is 0.169 e. The number of hydrazone groups is 1. The average Bonchev–Trinajstić information content (AvgIpc) is 2.41. The fourth-order valence-electron chi connectivity index (χ4n) is 1.41. The van der Waals surface area contributed by atoms with E-state index < -0.39 is 0 Å². The van der Waals surface area contributed by atoms with Gasteiger partial charge in [0.1, 0.15) is 0 Å². The van der Waals surface area contributed by atoms with Crippen LogP contribution in [0, 0.1) is 6.92 Å². The van der Waals surface area contributed by atoms with Crippen molar-refractivity contribution in [2.45, 2.75) is 13.8 Å². The third-order valence-corrected chi connectivity index (χ3v) is 2.83. The Morgan fingerprint density at radius 1 is 1.22 bits per heavy atom. The van der Waals surface area contributed by atoms with Crippen LogP contribution in [0.15, 0.2) is 41.5 Å². The van der Waals surface area contributed by atoms with Gasteiger partial charge in [-0.3, -0.25) is 5.43 Å². The maximum atomic E-state index is 5.80. The van der Waals surface area contributed by atoms with E-state index in [9.17, 15) is 0 Å². The van der Waals surface area contributed by atoms with Crippen molar-refractivity contribution in [3.63, 3.8) is 0 Å². The van der Waals surface area contributed by atoms with Gasteiger partial charge in [0.25, 0.3) is 0 Å². The zero-order valence-electron chi connectivity index (χ0n) is 10.2. The summed E-state index contributed by atoms with van der Waals surface area (Å²) in [6.45, 7) is 3.80. The average molecular weight is 261 g/mol. The van der Waals surface area contributed by atoms with Crippen molar-refractivity contribution < 1.29 is 0 Å². The standard InChI is InChI=1S/C13H13ClN4/c1-9-8-12(17-18-13(9)14)16-15-10(2)11-6-4-3-5-7-11/h3-8H,1-2H3,(H,16,17)/b15-10-. The lowest BCUT2D eigenvalue weighted by molar-refractivity contribution is 1.01. The van der Waals surface area contributed by atoms with Crippen LogP contribution in [0.25, 0.3) is 0 Å². The molecule has 2 rings (SSSR count). The summed E-state index contributed by atoms with van der Waals surface area (Å²) in [6, 6.07) is 11.7. The summed E-state index contributed by atoms with van der Waals surface area (Å²) in [5.41, 5.74) is 5.67. The predicted octanol–water partition coefficient (Wildman–Crippen LogP) is 3.27. The highest BCUT2D eigenvalue weighted by Gasteiger charge is 2.00. The fourth-order valence-corrected chi connectivity index (χ4v) is 1.50. The molecule has 0 unspecified atom stereocenters. The second-order valence-corrected chi connectivity index (χ2v) is 4.24. The van der Waals surface area contributed by atoms with Crippen LogP contribution >= 0.6 is 11.6 Å². The zero-order valence-corrected chi connectivity index (χ0v) is 10.9. The highest BCUT2D eigenvalue weighted by Crippen LogP contribution is 2.13. The highest BCUT2D eigenvalue weighted by atomic mass is 35.5. The normalized spacial score (nSPS) is 11.4. The molecule has 0 spiro atoms. The van der Waals surface area contributed by atoms with Gasteiger partial charge in [-0.05, 0) is 31.0 Å². The van der Waals surface area contributed by atoms with Crippen molar-refractivity contribution in [2.24, 2.45) is 5.10 Å². The Balaban J connectivity index is 2.13. The molecule has 1 aromatic heterocycles. The van der Waals surface area contributed by atoms with Crippen LogP contribution < -0.4 is 5.43 Å². The van der Waals surface area contributed by atoms with Crippen LogP contribution in [0.3, 0.4) is 0 Å². The minimum Gasteiger partial charge on any atom is -0.260 e. The lowest BCUT2D eigenvalue weighted by Gasteiger charge is -2.03. The zero-order chi connectivity index (χ0) is 13.0. The topological polar surface area (TPSA) is 50.2 Å². The minimum absolute atomic E-state index is 0.407. The number of rotatable bonds is 3. The molecule has 4 nitrogen and oxygen atoms in total. The van der Waals surface area contributed by atoms with E-state index in [0.717, 1.165) is 16.8 Å². The molecular weight excluding hydrogens is 248 g/mol. The molecule has 0 aliphatic heterocycles. The van der Waals surface area contributed by atoms with Crippen molar-refractivity contribution in [1.82, 2.24) is 10.2 Å². The first-order valence-corrected chi connectivity index (χ1v) is 5.90. The van der Waals surface area contributed by atoms with Gasteiger partial charge in [0.05, 0.1) is 5.71 Å². The summed E-state index contributed by atoms with van der Waals surface area (Å²) in [5.74, 6) is 0.576. The third-order valence-electron chi connectivity index (χ3n) is 2.45. The Morgan fingerprint density at radius 3 is 2.61 bits per heavy atom. The Labute approximate surface area is 111 Å². The molecule has 0 amide bonds. The summed E-state index contributed by atoms with van der Waals surface area (Å²) in [7, 11) is 0. The van der Waals surface area contributed by atoms with E-state index in [4.69, 9.17) is 11.6 Å². The van der Waals surface area contributed by atoms with Gasteiger partial charge in [0, 0.05) is 0 Å². The van der Waals surface area contributed by atoms with Gasteiger partial charge in [-0.15, -0.1) is 10.2 Å². The van der Waals surface area contributed by atoms with Gasteiger partial charge in [0.15, 0.2) is 11.0 Å². The number of nitrogens with one attached hydrogen (secondary N) is 1. The summed E-state index contributed by atoms with van der Waals surface area (Å²) < 4.78 is 0. The second kappa shape index (κ2) is 5.60. The molecule has 0 saturated carbocycles. The molecular formula is C13H13ClN4. The van der Waals surface area contributed by atoms with Crippen LogP contribution in [0.1, 0.15) is 18.1 Å². The first-order valence-electron chi connectivity index (χ1n) is 5.52. The third kappa shape index (κ3) is 3.05. The van der Waals surface area contributed by atoms with Gasteiger partial charge in [-0.2, -0.15) is 5.10 Å². The molecule has 0 atom stereocenters. The van der Waals surface area contributed by atoms with Crippen LogP contribution in [-0.4, -0.2) is 15.9 Å². The van der Waals surface area contributed by atoms with E-state index in [0.29, 0.717) is 11.0 Å². The summed E-state index contributed by atoms with van der Waals surface area (Å²) in [6.07, 6.45) is 0. The van der Waals surface area contributed by atoms with Gasteiger partial charge in [-0.25, -0.2) is 0 Å². The SMILES string of the molecule is C/C(=N/Nc1cc(C)c(Cl)nn1)c1ccccc1. The Hall–Kier alpha value is -1.94. The lowest BCUT2D eigenvalue weighted by Crippen LogP contribution is -2.01. The number of aromatic nitrogens is 2. The van der Waals surface area contributed by atoms with E-state index in [1.54, 1.807) is 6.07 Å². The molecule has 0 aliphatic carbocycles. The van der Waals surface area contributed by atoms with E-state index in [1.165, 1.54) is 0 Å². The van der Waals surface area contributed by atoms with E-state index >= 15 is 0 Å². The summed E-state index contributed by atoms with van der Waals surface area (Å²) in [4.78, 5) is 0. The highest BCUT2D eigenvalue weighted by molar-refractivity contribution is 6.30. The second-order valence-electron chi connectivity index (χ2n) is 3.88. The number of aryl methyl sites for hydroxylation is 1. The Kier molecular flexibility index (Phi) is 3.89. The van der Waals surface area contributed by atoms with Crippen LogP contribution in [-0.2, 0) is 0 Å². The van der Waals surface area contributed by atoms with Crippen molar-refractivity contribution in [3.8, 4) is 0 Å². The maximum Gasteiger partial charge on any atom is 0.169 e. The van der Waals surface area contributed by atoms with Crippen molar-refractivity contribution >= 4 is 23.1 Å². The Bertz CT molecular complexity index is 566. The number of hydrogen-bond donors (Lipinski definition) is 1. The van der Waals surface area contributed by atoms with Crippen molar-refractivity contribution in [3.05, 3.63) is 52.7 Å². The number of hydrogen-bond acceptors (Lipinski definition) is 4. The largest absolute Gasteiger partial charge is 0.260 e. The summed E-state index contributed by atoms with van der Waals surface area (Å²) >= 11 is 5.80. The van der Waals surface area contributed by atoms with Gasteiger partial charge < -0.3 is 0 Å². The Morgan fingerprint density at radius 2 is 1.94 bits per heavy atom. The quantitative estimate of drug-likeness (QED) is 0.681. The van der Waals surface area contributed by atoms with E-state index in [2.05, 4.69) is 20.7 Å². The molecule has 2 aromatic rings. The monoisotopic (exact) mass is 260 g/mol. The van der Waals surface area contributed by atoms with E-state index in [1.807, 2.05) is 44.2 Å². The molecule has 0 radical (unpaired) electrons. The lowest BCUT2D eigenvalue weighted by atomic mass is 10.1. The molecule has 0 saturated heterocycles. The van der Waals surface area contributed by atoms with E-state index in [-0.39, 0.29) is 0 Å². The number of halogens is 1. The fraction of sp³-hybridized carbons (Fsp3) is 0.154. The van der Waals surface area contributed by atoms with Gasteiger partial charge in [-0.1, -0.05) is 41.9 Å². The van der Waals surface area contributed by atoms with Crippen LogP contribution in [0.2, 0.25) is 5.15 Å². The predicted molar refractivity (Wildman–Crippen MR) is 74.1 cm³/mol. The molecule has 1 heterocycles. The molecule has 92 valence electrons. The number of nitrogens with zero attached hydrogens (tertiary/aromatic N) is 3. The molecule has 0 bridgehead atoms. The molecule has 18 heavy (non-hydrogen) atoms. The van der Waals surface area contributed by atoms with Crippen LogP contribution in [0.5, 0.6) is 0 Å². The van der Waals surface area contributed by atoms with Gasteiger partial charge in [0.2, 0.25) is 0 Å². The van der Waals surface area contributed by atoms with Crippen molar-refractivity contribution in [2.75, 3.05) is 5.43 Å². The molecule has 0 aliphatic rings. The minimum atomic E-state index is 0.407. The molecule has 1 N–H and O–H groups in total. The van der Waals surface area contributed by atoms with Crippen LogP contribution in [0.4, 0.5) is 5.82 Å².